The standard InChI is InChI=1S/C35H32FN3O4S.2ClH/c36-27-9-15-32(16-10-27)43-31-13-7-26(8-14-31)25-33-34(40)39(35(41)44-33)29-11-17-30(18-12-29)42-24-4-19-37-20-22-38(23-21-37)28-5-2-1-3-6-28;;/h1-3,5-18,25H,4,19-24H2;2*1H. The van der Waals surface area contributed by atoms with Crippen LogP contribution in [0.4, 0.5) is 20.6 Å². The molecular formula is C35H34Cl2FN3O4S. The summed E-state index contributed by atoms with van der Waals surface area (Å²) in [5.74, 6) is 1.10. The van der Waals surface area contributed by atoms with Crippen molar-refractivity contribution < 1.29 is 23.5 Å². The Morgan fingerprint density at radius 2 is 1.33 bits per heavy atom. The summed E-state index contributed by atoms with van der Waals surface area (Å²) < 4.78 is 24.8. The Morgan fingerprint density at radius 1 is 0.717 bits per heavy atom. The molecule has 2 heterocycles. The van der Waals surface area contributed by atoms with Crippen LogP contribution in [0, 0.1) is 5.82 Å². The molecule has 240 valence electrons. The maximum absolute atomic E-state index is 13.1. The predicted octanol–water partition coefficient (Wildman–Crippen LogP) is 8.29. The highest BCUT2D eigenvalue weighted by Gasteiger charge is 2.36. The molecule has 0 atom stereocenters. The summed E-state index contributed by atoms with van der Waals surface area (Å²) in [4.78, 5) is 32.3. The molecule has 46 heavy (non-hydrogen) atoms. The summed E-state index contributed by atoms with van der Waals surface area (Å²) in [6.45, 7) is 5.69. The van der Waals surface area contributed by atoms with E-state index >= 15 is 0 Å². The second-order valence-electron chi connectivity index (χ2n) is 10.5. The van der Waals surface area contributed by atoms with Gasteiger partial charge in [0.1, 0.15) is 23.1 Å². The molecule has 0 N–H and O–H groups in total. The van der Waals surface area contributed by atoms with Crippen molar-refractivity contribution in [1.82, 2.24) is 4.90 Å². The van der Waals surface area contributed by atoms with Crippen molar-refractivity contribution in [1.29, 1.82) is 0 Å². The van der Waals surface area contributed by atoms with Crippen molar-refractivity contribution in [3.8, 4) is 17.2 Å². The quantitative estimate of drug-likeness (QED) is 0.123. The maximum atomic E-state index is 13.1. The Morgan fingerprint density at radius 3 is 1.98 bits per heavy atom. The molecule has 0 aromatic heterocycles. The molecule has 2 aliphatic heterocycles. The third-order valence-electron chi connectivity index (χ3n) is 7.50. The molecule has 0 bridgehead atoms. The van der Waals surface area contributed by atoms with Crippen LogP contribution in [0.1, 0.15) is 12.0 Å². The van der Waals surface area contributed by atoms with Crippen LogP contribution < -0.4 is 19.3 Å². The van der Waals surface area contributed by atoms with Gasteiger partial charge in [-0.25, -0.2) is 9.29 Å². The average Bonchev–Trinajstić information content (AvgIpc) is 3.34. The van der Waals surface area contributed by atoms with Gasteiger partial charge in [-0.1, -0.05) is 30.3 Å². The summed E-state index contributed by atoms with van der Waals surface area (Å²) in [7, 11) is 0. The number of carbonyl (C=O) groups excluding carboxylic acids is 2. The molecule has 0 radical (unpaired) electrons. The minimum absolute atomic E-state index is 0. The molecule has 0 aliphatic carbocycles. The summed E-state index contributed by atoms with van der Waals surface area (Å²) in [5.41, 5.74) is 2.54. The van der Waals surface area contributed by atoms with Crippen LogP contribution in [0.3, 0.4) is 0 Å². The highest BCUT2D eigenvalue weighted by molar-refractivity contribution is 8.19. The lowest BCUT2D eigenvalue weighted by Gasteiger charge is -2.36. The van der Waals surface area contributed by atoms with E-state index in [9.17, 15) is 14.0 Å². The highest BCUT2D eigenvalue weighted by Crippen LogP contribution is 2.36. The second kappa shape index (κ2) is 16.5. The normalized spacial score (nSPS) is 15.8. The first kappa shape index (κ1) is 34.8. The number of nitrogens with zero attached hydrogens (tertiary/aromatic N) is 3. The van der Waals surface area contributed by atoms with Crippen LogP contribution in [-0.4, -0.2) is 55.4 Å². The fourth-order valence-electron chi connectivity index (χ4n) is 5.15. The van der Waals surface area contributed by atoms with E-state index in [0.29, 0.717) is 34.4 Å². The first-order chi connectivity index (χ1) is 21.5. The number of hydrogen-bond acceptors (Lipinski definition) is 7. The number of rotatable bonds is 10. The molecule has 0 unspecified atom stereocenters. The zero-order valence-corrected chi connectivity index (χ0v) is 27.4. The van der Waals surface area contributed by atoms with Crippen LogP contribution in [0.2, 0.25) is 0 Å². The Kier molecular flexibility index (Phi) is 12.5. The molecule has 4 aromatic rings. The largest absolute Gasteiger partial charge is 0.494 e. The van der Waals surface area contributed by atoms with Crippen LogP contribution in [0.25, 0.3) is 6.08 Å². The van der Waals surface area contributed by atoms with E-state index in [0.717, 1.165) is 56.5 Å². The summed E-state index contributed by atoms with van der Waals surface area (Å²) in [6.07, 6.45) is 2.60. The number of halogens is 3. The zero-order valence-electron chi connectivity index (χ0n) is 24.9. The molecule has 2 aliphatic rings. The lowest BCUT2D eigenvalue weighted by Crippen LogP contribution is -2.46. The lowest BCUT2D eigenvalue weighted by atomic mass is 10.2. The lowest BCUT2D eigenvalue weighted by molar-refractivity contribution is -0.113. The topological polar surface area (TPSA) is 62.3 Å². The van der Waals surface area contributed by atoms with Crippen LogP contribution in [0.15, 0.2) is 108 Å². The van der Waals surface area contributed by atoms with Crippen LogP contribution in [-0.2, 0) is 4.79 Å². The summed E-state index contributed by atoms with van der Waals surface area (Å²) in [5, 5.41) is -0.349. The third kappa shape index (κ3) is 8.82. The van der Waals surface area contributed by atoms with Crippen molar-refractivity contribution in [2.24, 2.45) is 0 Å². The van der Waals surface area contributed by atoms with Crippen molar-refractivity contribution in [3.63, 3.8) is 0 Å². The van der Waals surface area contributed by atoms with E-state index < -0.39 is 0 Å². The fraction of sp³-hybridized carbons (Fsp3) is 0.200. The first-order valence-electron chi connectivity index (χ1n) is 14.6. The third-order valence-corrected chi connectivity index (χ3v) is 8.37. The number of imide groups is 1. The van der Waals surface area contributed by atoms with E-state index in [2.05, 4.69) is 34.1 Å². The van der Waals surface area contributed by atoms with Crippen molar-refractivity contribution in [2.75, 3.05) is 49.1 Å². The van der Waals surface area contributed by atoms with Gasteiger partial charge in [-0.3, -0.25) is 14.5 Å². The van der Waals surface area contributed by atoms with Gasteiger partial charge in [0.05, 0.1) is 17.2 Å². The molecule has 0 saturated carbocycles. The molecule has 4 aromatic carbocycles. The predicted molar refractivity (Wildman–Crippen MR) is 188 cm³/mol. The Bertz CT molecular complexity index is 1620. The highest BCUT2D eigenvalue weighted by atomic mass is 35.5. The zero-order chi connectivity index (χ0) is 30.3. The smallest absolute Gasteiger partial charge is 0.298 e. The molecule has 7 nitrogen and oxygen atoms in total. The van der Waals surface area contributed by atoms with Gasteiger partial charge >= 0.3 is 0 Å². The molecule has 11 heteroatoms. The van der Waals surface area contributed by atoms with Gasteiger partial charge in [0.15, 0.2) is 0 Å². The van der Waals surface area contributed by atoms with Gasteiger partial charge in [-0.15, -0.1) is 24.8 Å². The monoisotopic (exact) mass is 681 g/mol. The van der Waals surface area contributed by atoms with Gasteiger partial charge in [0, 0.05) is 38.4 Å². The van der Waals surface area contributed by atoms with E-state index in [4.69, 9.17) is 9.47 Å². The number of carbonyl (C=O) groups is 2. The molecule has 2 saturated heterocycles. The molecular weight excluding hydrogens is 648 g/mol. The minimum Gasteiger partial charge on any atom is -0.494 e. The molecule has 0 spiro atoms. The Labute approximate surface area is 284 Å². The van der Waals surface area contributed by atoms with Gasteiger partial charge < -0.3 is 14.4 Å². The number of thioether (sulfide) groups is 1. The fourth-order valence-corrected chi connectivity index (χ4v) is 5.99. The number of para-hydroxylation sites is 1. The molecule has 2 fully saturated rings. The Hall–Kier alpha value is -4.02. The van der Waals surface area contributed by atoms with E-state index in [1.54, 1.807) is 66.7 Å². The number of hydrogen-bond donors (Lipinski definition) is 0. The number of ether oxygens (including phenoxy) is 2. The number of benzene rings is 4. The molecule has 2 amide bonds. The summed E-state index contributed by atoms with van der Waals surface area (Å²) >= 11 is 0.906. The molecule has 6 rings (SSSR count). The first-order valence-corrected chi connectivity index (χ1v) is 15.4. The van der Waals surface area contributed by atoms with Crippen molar-refractivity contribution in [3.05, 3.63) is 119 Å². The maximum Gasteiger partial charge on any atom is 0.298 e. The van der Waals surface area contributed by atoms with Crippen LogP contribution in [0.5, 0.6) is 17.2 Å². The van der Waals surface area contributed by atoms with Gasteiger partial charge in [0.25, 0.3) is 11.1 Å². The van der Waals surface area contributed by atoms with Gasteiger partial charge in [-0.2, -0.15) is 0 Å². The van der Waals surface area contributed by atoms with E-state index in [1.807, 2.05) is 6.07 Å². The van der Waals surface area contributed by atoms with E-state index in [1.165, 1.54) is 22.7 Å². The van der Waals surface area contributed by atoms with Crippen LogP contribution >= 0.6 is 36.6 Å². The average molecular weight is 683 g/mol. The van der Waals surface area contributed by atoms with Gasteiger partial charge in [-0.05, 0) is 103 Å². The second-order valence-corrected chi connectivity index (χ2v) is 11.5. The van der Waals surface area contributed by atoms with Crippen molar-refractivity contribution in [2.45, 2.75) is 6.42 Å². The number of piperazine rings is 1. The number of anilines is 2. The summed E-state index contributed by atoms with van der Waals surface area (Å²) in [6, 6.07) is 30.4. The van der Waals surface area contributed by atoms with Crippen molar-refractivity contribution >= 4 is 65.2 Å². The van der Waals surface area contributed by atoms with Gasteiger partial charge in [0.2, 0.25) is 0 Å². The SMILES string of the molecule is Cl.Cl.O=C1SC(=Cc2ccc(Oc3ccc(F)cc3)cc2)C(=O)N1c1ccc(OCCCN2CCN(c3ccccc3)CC2)cc1. The number of amides is 2. The Balaban J connectivity index is 0.00000240. The minimum atomic E-state index is -0.368. The van der Waals surface area contributed by atoms with E-state index in [-0.39, 0.29) is 41.8 Å².